The minimum absolute atomic E-state index is 0.0173. The Kier molecular flexibility index (Phi) is 2.38. The van der Waals surface area contributed by atoms with Gasteiger partial charge in [0, 0.05) is 10.8 Å². The lowest BCUT2D eigenvalue weighted by molar-refractivity contribution is -0.568. The van der Waals surface area contributed by atoms with Gasteiger partial charge in [-0.1, -0.05) is 25.2 Å². The summed E-state index contributed by atoms with van der Waals surface area (Å²) in [6.07, 6.45) is 9.11. The first-order valence-electron chi connectivity index (χ1n) is 5.35. The summed E-state index contributed by atoms with van der Waals surface area (Å²) in [5, 5.41) is 11.3. The van der Waals surface area contributed by atoms with Crippen LogP contribution in [0.15, 0.2) is 24.3 Å². The first kappa shape index (κ1) is 10.4. The third-order valence-electron chi connectivity index (χ3n) is 3.70. The Morgan fingerprint density at radius 2 is 2.20 bits per heavy atom. The molecule has 0 amide bonds. The minimum atomic E-state index is -1.09. The average molecular weight is 208 g/mol. The highest BCUT2D eigenvalue weighted by Crippen LogP contribution is 2.45. The van der Waals surface area contributed by atoms with Crippen molar-refractivity contribution < 1.29 is 4.92 Å². The first-order chi connectivity index (χ1) is 7.09. The molecular weight excluding hydrogens is 192 g/mol. The highest BCUT2D eigenvalue weighted by Gasteiger charge is 2.55. The molecular formula is C11H16N2O2. The van der Waals surface area contributed by atoms with Crippen molar-refractivity contribution in [3.05, 3.63) is 34.4 Å². The molecule has 0 aromatic rings. The van der Waals surface area contributed by atoms with Gasteiger partial charge < -0.3 is 5.73 Å². The number of hydrogen-bond donors (Lipinski definition) is 1. The molecule has 0 bridgehead atoms. The van der Waals surface area contributed by atoms with E-state index < -0.39 is 11.6 Å². The van der Waals surface area contributed by atoms with Crippen LogP contribution < -0.4 is 5.73 Å². The van der Waals surface area contributed by atoms with Gasteiger partial charge in [-0.3, -0.25) is 10.1 Å². The van der Waals surface area contributed by atoms with E-state index in [0.29, 0.717) is 5.92 Å². The van der Waals surface area contributed by atoms with Crippen LogP contribution in [0.4, 0.5) is 0 Å². The van der Waals surface area contributed by atoms with Gasteiger partial charge in [0.25, 0.3) is 5.54 Å². The summed E-state index contributed by atoms with van der Waals surface area (Å²) in [5.41, 5.74) is 4.81. The standard InChI is InChI=1S/C11H16N2O2/c1-8(9-5-6-9)11(13(14)15)7-3-2-4-10(11)12/h2-4,7-10H,5-6,12H2,1H3. The monoisotopic (exact) mass is 208 g/mol. The van der Waals surface area contributed by atoms with Gasteiger partial charge in [-0.15, -0.1) is 0 Å². The van der Waals surface area contributed by atoms with Crippen LogP contribution in [0.5, 0.6) is 0 Å². The fourth-order valence-electron chi connectivity index (χ4n) is 2.44. The predicted molar refractivity (Wildman–Crippen MR) is 57.9 cm³/mol. The normalized spacial score (nSPS) is 36.5. The topological polar surface area (TPSA) is 69.2 Å². The Morgan fingerprint density at radius 3 is 2.67 bits per heavy atom. The van der Waals surface area contributed by atoms with E-state index in [0.717, 1.165) is 12.8 Å². The fourth-order valence-corrected chi connectivity index (χ4v) is 2.44. The molecule has 2 N–H and O–H groups in total. The van der Waals surface area contributed by atoms with Gasteiger partial charge in [0.1, 0.15) is 0 Å². The molecule has 0 radical (unpaired) electrons. The lowest BCUT2D eigenvalue weighted by atomic mass is 9.75. The quantitative estimate of drug-likeness (QED) is 0.564. The van der Waals surface area contributed by atoms with Crippen molar-refractivity contribution in [2.75, 3.05) is 0 Å². The van der Waals surface area contributed by atoms with E-state index in [-0.39, 0.29) is 10.8 Å². The van der Waals surface area contributed by atoms with E-state index >= 15 is 0 Å². The summed E-state index contributed by atoms with van der Waals surface area (Å²) in [4.78, 5) is 11.1. The van der Waals surface area contributed by atoms with Gasteiger partial charge in [-0.25, -0.2) is 0 Å². The number of nitrogens with zero attached hydrogens (tertiary/aromatic N) is 1. The minimum Gasteiger partial charge on any atom is -0.318 e. The zero-order valence-corrected chi connectivity index (χ0v) is 8.80. The highest BCUT2D eigenvalue weighted by atomic mass is 16.6. The molecule has 3 unspecified atom stereocenters. The van der Waals surface area contributed by atoms with Crippen LogP contribution in [0.3, 0.4) is 0 Å². The van der Waals surface area contributed by atoms with Crippen molar-refractivity contribution >= 4 is 0 Å². The number of allylic oxidation sites excluding steroid dienone is 2. The third-order valence-corrected chi connectivity index (χ3v) is 3.70. The fraction of sp³-hybridized carbons (Fsp3) is 0.636. The maximum atomic E-state index is 11.3. The van der Waals surface area contributed by atoms with E-state index in [2.05, 4.69) is 0 Å². The van der Waals surface area contributed by atoms with Crippen molar-refractivity contribution in [3.8, 4) is 0 Å². The average Bonchev–Trinajstić information content (AvgIpc) is 3.00. The summed E-state index contributed by atoms with van der Waals surface area (Å²) in [6, 6.07) is -0.506. The van der Waals surface area contributed by atoms with E-state index in [4.69, 9.17) is 5.73 Å². The second-order valence-electron chi connectivity index (χ2n) is 4.54. The molecule has 0 heterocycles. The van der Waals surface area contributed by atoms with E-state index in [1.807, 2.05) is 6.92 Å². The van der Waals surface area contributed by atoms with Gasteiger partial charge in [-0.05, 0) is 24.8 Å². The van der Waals surface area contributed by atoms with Crippen LogP contribution in [0.25, 0.3) is 0 Å². The molecule has 2 rings (SSSR count). The van der Waals surface area contributed by atoms with E-state index in [1.165, 1.54) is 0 Å². The molecule has 0 aromatic carbocycles. The van der Waals surface area contributed by atoms with Gasteiger partial charge in [0.05, 0.1) is 6.04 Å². The number of nitrogens with two attached hydrogens (primary N) is 1. The summed E-state index contributed by atoms with van der Waals surface area (Å²) in [6.45, 7) is 1.95. The largest absolute Gasteiger partial charge is 0.318 e. The van der Waals surface area contributed by atoms with Gasteiger partial charge >= 0.3 is 0 Å². The van der Waals surface area contributed by atoms with Crippen molar-refractivity contribution in [2.24, 2.45) is 17.6 Å². The number of rotatable bonds is 3. The van der Waals surface area contributed by atoms with Crippen molar-refractivity contribution in [1.29, 1.82) is 0 Å². The maximum absolute atomic E-state index is 11.3. The molecule has 4 nitrogen and oxygen atoms in total. The van der Waals surface area contributed by atoms with E-state index in [1.54, 1.807) is 24.3 Å². The summed E-state index contributed by atoms with van der Waals surface area (Å²) < 4.78 is 0. The number of nitro groups is 1. The van der Waals surface area contributed by atoms with Crippen LogP contribution in [-0.4, -0.2) is 16.5 Å². The molecule has 0 spiro atoms. The lowest BCUT2D eigenvalue weighted by Gasteiger charge is -2.33. The van der Waals surface area contributed by atoms with Crippen LogP contribution in [-0.2, 0) is 0 Å². The Bertz CT molecular complexity index is 333. The molecule has 2 aliphatic carbocycles. The number of hydrogen-bond acceptors (Lipinski definition) is 3. The smallest absolute Gasteiger partial charge is 0.261 e. The summed E-state index contributed by atoms with van der Waals surface area (Å²) >= 11 is 0. The lowest BCUT2D eigenvalue weighted by Crippen LogP contribution is -2.57. The second-order valence-corrected chi connectivity index (χ2v) is 4.54. The van der Waals surface area contributed by atoms with Crippen LogP contribution in [0.1, 0.15) is 19.8 Å². The Hall–Kier alpha value is -1.16. The van der Waals surface area contributed by atoms with Gasteiger partial charge in [0.2, 0.25) is 0 Å². The first-order valence-corrected chi connectivity index (χ1v) is 5.35. The molecule has 0 aromatic heterocycles. The Labute approximate surface area is 89.0 Å². The molecule has 3 atom stereocenters. The molecule has 1 saturated carbocycles. The van der Waals surface area contributed by atoms with Gasteiger partial charge in [0.15, 0.2) is 0 Å². The summed E-state index contributed by atoms with van der Waals surface area (Å²) in [5.74, 6) is 0.487. The van der Waals surface area contributed by atoms with Crippen LogP contribution in [0, 0.1) is 22.0 Å². The van der Waals surface area contributed by atoms with Crippen molar-refractivity contribution in [3.63, 3.8) is 0 Å². The van der Waals surface area contributed by atoms with Crippen molar-refractivity contribution in [1.82, 2.24) is 0 Å². The van der Waals surface area contributed by atoms with Crippen LogP contribution in [0.2, 0.25) is 0 Å². The molecule has 1 fully saturated rings. The summed E-state index contributed by atoms with van der Waals surface area (Å²) in [7, 11) is 0. The molecule has 82 valence electrons. The predicted octanol–water partition coefficient (Wildman–Crippen LogP) is 1.50. The molecule has 4 heteroatoms. The van der Waals surface area contributed by atoms with Gasteiger partial charge in [-0.2, -0.15) is 0 Å². The Morgan fingerprint density at radius 1 is 1.53 bits per heavy atom. The molecule has 15 heavy (non-hydrogen) atoms. The van der Waals surface area contributed by atoms with Crippen molar-refractivity contribution in [2.45, 2.75) is 31.3 Å². The van der Waals surface area contributed by atoms with E-state index in [9.17, 15) is 10.1 Å². The van der Waals surface area contributed by atoms with Crippen LogP contribution >= 0.6 is 0 Å². The zero-order valence-electron chi connectivity index (χ0n) is 8.80. The molecule has 0 saturated heterocycles. The third kappa shape index (κ3) is 1.49. The second kappa shape index (κ2) is 3.45. The molecule has 2 aliphatic rings. The Balaban J connectivity index is 2.34. The maximum Gasteiger partial charge on any atom is 0.261 e. The SMILES string of the molecule is CC(C1CC1)C1([N+](=O)[O-])C=CC=CC1N. The highest BCUT2D eigenvalue weighted by molar-refractivity contribution is 5.26. The zero-order chi connectivity index (χ0) is 11.1. The molecule has 0 aliphatic heterocycles.